The average Bonchev–Trinajstić information content (AvgIpc) is 3.03. The van der Waals surface area contributed by atoms with Crippen LogP contribution in [0.15, 0.2) is 47.1 Å². The van der Waals surface area contributed by atoms with Crippen molar-refractivity contribution >= 4 is 39.2 Å². The molecule has 0 fully saturated rings. The van der Waals surface area contributed by atoms with Crippen LogP contribution in [-0.2, 0) is 11.3 Å². The number of hydrogen-bond donors (Lipinski definition) is 1. The second-order valence-corrected chi connectivity index (χ2v) is 7.16. The molecule has 3 rings (SSSR count). The van der Waals surface area contributed by atoms with Crippen molar-refractivity contribution in [3.8, 4) is 0 Å². The fourth-order valence-electron chi connectivity index (χ4n) is 2.01. The highest BCUT2D eigenvalue weighted by atomic mass is 32.2. The van der Waals surface area contributed by atoms with Crippen molar-refractivity contribution in [2.75, 3.05) is 0 Å². The van der Waals surface area contributed by atoms with E-state index in [0.717, 1.165) is 20.8 Å². The standard InChI is InChI=1S/C16H14FN3OS2/c1-10(15(21)18-8-11-2-4-12(17)5-3-11)23-16-14-13(6-7-22-14)19-9-20-16/h2-7,9-10H,8H2,1H3,(H,18,21). The van der Waals surface area contributed by atoms with Crippen LogP contribution in [0.25, 0.3) is 10.2 Å². The Balaban J connectivity index is 1.61. The molecule has 1 unspecified atom stereocenters. The lowest BCUT2D eigenvalue weighted by Crippen LogP contribution is -2.30. The Hall–Kier alpha value is -1.99. The zero-order valence-corrected chi connectivity index (χ0v) is 14.0. The van der Waals surface area contributed by atoms with E-state index in [9.17, 15) is 9.18 Å². The molecule has 0 aliphatic heterocycles. The number of benzene rings is 1. The molecule has 1 atom stereocenters. The van der Waals surface area contributed by atoms with Gasteiger partial charge in [-0.05, 0) is 36.1 Å². The van der Waals surface area contributed by atoms with Crippen LogP contribution in [0.2, 0.25) is 0 Å². The highest BCUT2D eigenvalue weighted by Gasteiger charge is 2.17. The topological polar surface area (TPSA) is 54.9 Å². The van der Waals surface area contributed by atoms with Crippen LogP contribution >= 0.6 is 23.1 Å². The van der Waals surface area contributed by atoms with Gasteiger partial charge in [-0.3, -0.25) is 4.79 Å². The minimum atomic E-state index is -0.285. The first-order valence-corrected chi connectivity index (χ1v) is 8.76. The summed E-state index contributed by atoms with van der Waals surface area (Å²) in [6, 6.07) is 8.02. The molecule has 1 aromatic carbocycles. The Kier molecular flexibility index (Phi) is 4.88. The molecule has 2 aromatic heterocycles. The lowest BCUT2D eigenvalue weighted by molar-refractivity contribution is -0.120. The number of carbonyl (C=O) groups is 1. The van der Waals surface area contributed by atoms with E-state index in [-0.39, 0.29) is 17.0 Å². The van der Waals surface area contributed by atoms with Gasteiger partial charge in [0.1, 0.15) is 17.2 Å². The van der Waals surface area contributed by atoms with Crippen molar-refractivity contribution in [2.45, 2.75) is 23.7 Å². The highest BCUT2D eigenvalue weighted by molar-refractivity contribution is 8.00. The van der Waals surface area contributed by atoms with Crippen molar-refractivity contribution in [2.24, 2.45) is 0 Å². The second-order valence-electron chi connectivity index (χ2n) is 4.92. The van der Waals surface area contributed by atoms with Gasteiger partial charge in [-0.1, -0.05) is 23.9 Å². The Bertz CT molecular complexity index is 820. The number of carbonyl (C=O) groups excluding carboxylic acids is 1. The molecule has 7 heteroatoms. The lowest BCUT2D eigenvalue weighted by atomic mass is 10.2. The lowest BCUT2D eigenvalue weighted by Gasteiger charge is -2.12. The number of rotatable bonds is 5. The van der Waals surface area contributed by atoms with Gasteiger partial charge in [0.25, 0.3) is 0 Å². The first-order valence-electron chi connectivity index (χ1n) is 7.00. The number of fused-ring (bicyclic) bond motifs is 1. The van der Waals surface area contributed by atoms with Crippen molar-refractivity contribution in [3.63, 3.8) is 0 Å². The molecule has 4 nitrogen and oxygen atoms in total. The van der Waals surface area contributed by atoms with Crippen LogP contribution in [0.5, 0.6) is 0 Å². The van der Waals surface area contributed by atoms with E-state index in [2.05, 4.69) is 15.3 Å². The van der Waals surface area contributed by atoms with Crippen LogP contribution in [-0.4, -0.2) is 21.1 Å². The maximum absolute atomic E-state index is 12.9. The summed E-state index contributed by atoms with van der Waals surface area (Å²) >= 11 is 2.98. The van der Waals surface area contributed by atoms with Gasteiger partial charge in [-0.25, -0.2) is 14.4 Å². The van der Waals surface area contributed by atoms with Gasteiger partial charge in [-0.15, -0.1) is 11.3 Å². The van der Waals surface area contributed by atoms with Crippen molar-refractivity contribution < 1.29 is 9.18 Å². The van der Waals surface area contributed by atoms with Crippen LogP contribution in [0.3, 0.4) is 0 Å². The van der Waals surface area contributed by atoms with Gasteiger partial charge in [0.15, 0.2) is 0 Å². The molecular formula is C16H14FN3OS2. The van der Waals surface area contributed by atoms with Gasteiger partial charge in [0.05, 0.1) is 15.5 Å². The minimum Gasteiger partial charge on any atom is -0.351 e. The maximum Gasteiger partial charge on any atom is 0.233 e. The van der Waals surface area contributed by atoms with Crippen molar-refractivity contribution in [3.05, 3.63) is 53.4 Å². The smallest absolute Gasteiger partial charge is 0.233 e. The molecule has 0 saturated carbocycles. The third kappa shape index (κ3) is 3.86. The van der Waals surface area contributed by atoms with E-state index in [0.29, 0.717) is 6.54 Å². The van der Waals surface area contributed by atoms with Gasteiger partial charge >= 0.3 is 0 Å². The summed E-state index contributed by atoms with van der Waals surface area (Å²) in [5.41, 5.74) is 1.76. The van der Waals surface area contributed by atoms with E-state index in [1.54, 1.807) is 23.5 Å². The normalized spacial score (nSPS) is 12.3. The predicted octanol–water partition coefficient (Wildman–Crippen LogP) is 3.63. The Morgan fingerprint density at radius 1 is 1.30 bits per heavy atom. The number of thioether (sulfide) groups is 1. The highest BCUT2D eigenvalue weighted by Crippen LogP contribution is 2.31. The molecule has 0 radical (unpaired) electrons. The molecule has 3 aromatic rings. The van der Waals surface area contributed by atoms with Gasteiger partial charge in [0.2, 0.25) is 5.91 Å². The fraction of sp³-hybridized carbons (Fsp3) is 0.188. The molecule has 1 N–H and O–H groups in total. The quantitative estimate of drug-likeness (QED) is 0.566. The molecular weight excluding hydrogens is 333 g/mol. The number of halogens is 1. The third-order valence-electron chi connectivity index (χ3n) is 3.25. The van der Waals surface area contributed by atoms with E-state index in [1.807, 2.05) is 18.4 Å². The van der Waals surface area contributed by atoms with E-state index in [1.165, 1.54) is 30.2 Å². The Morgan fingerprint density at radius 3 is 2.87 bits per heavy atom. The zero-order chi connectivity index (χ0) is 16.2. The molecule has 0 aliphatic rings. The zero-order valence-electron chi connectivity index (χ0n) is 12.3. The summed E-state index contributed by atoms with van der Waals surface area (Å²) in [6.45, 7) is 2.22. The van der Waals surface area contributed by atoms with E-state index in [4.69, 9.17) is 0 Å². The molecule has 118 valence electrons. The largest absolute Gasteiger partial charge is 0.351 e. The third-order valence-corrected chi connectivity index (χ3v) is 5.39. The molecule has 0 bridgehead atoms. The molecule has 2 heterocycles. The fourth-order valence-corrected chi connectivity index (χ4v) is 3.87. The molecule has 0 spiro atoms. The summed E-state index contributed by atoms with van der Waals surface area (Å²) < 4.78 is 13.9. The number of aromatic nitrogens is 2. The molecule has 0 aliphatic carbocycles. The van der Waals surface area contributed by atoms with Gasteiger partial charge in [0, 0.05) is 6.54 Å². The van der Waals surface area contributed by atoms with Crippen LogP contribution < -0.4 is 5.32 Å². The SMILES string of the molecule is CC(Sc1ncnc2ccsc12)C(=O)NCc1ccc(F)cc1. The Labute approximate surface area is 141 Å². The number of nitrogens with zero attached hydrogens (tertiary/aromatic N) is 2. The number of hydrogen-bond acceptors (Lipinski definition) is 5. The van der Waals surface area contributed by atoms with Crippen LogP contribution in [0, 0.1) is 5.82 Å². The molecule has 0 saturated heterocycles. The monoisotopic (exact) mass is 347 g/mol. The summed E-state index contributed by atoms with van der Waals surface area (Å²) in [6.07, 6.45) is 1.51. The molecule has 1 amide bonds. The summed E-state index contributed by atoms with van der Waals surface area (Å²) in [7, 11) is 0. The van der Waals surface area contributed by atoms with Gasteiger partial charge < -0.3 is 5.32 Å². The number of nitrogens with one attached hydrogen (secondary N) is 1. The van der Waals surface area contributed by atoms with Crippen LogP contribution in [0.1, 0.15) is 12.5 Å². The van der Waals surface area contributed by atoms with Crippen molar-refractivity contribution in [1.82, 2.24) is 15.3 Å². The maximum atomic E-state index is 12.9. The van der Waals surface area contributed by atoms with Crippen molar-refractivity contribution in [1.29, 1.82) is 0 Å². The second kappa shape index (κ2) is 7.06. The van der Waals surface area contributed by atoms with E-state index >= 15 is 0 Å². The minimum absolute atomic E-state index is 0.0809. The Morgan fingerprint density at radius 2 is 2.09 bits per heavy atom. The number of thiophene rings is 1. The first-order chi connectivity index (χ1) is 11.1. The van der Waals surface area contributed by atoms with E-state index < -0.39 is 0 Å². The molecule has 23 heavy (non-hydrogen) atoms. The average molecular weight is 347 g/mol. The van der Waals surface area contributed by atoms with Crippen LogP contribution in [0.4, 0.5) is 4.39 Å². The first kappa shape index (κ1) is 15.9. The summed E-state index contributed by atoms with van der Waals surface area (Å²) in [4.78, 5) is 20.7. The predicted molar refractivity (Wildman–Crippen MR) is 91.0 cm³/mol. The summed E-state index contributed by atoms with van der Waals surface area (Å²) in [5.74, 6) is -0.365. The van der Waals surface area contributed by atoms with Gasteiger partial charge in [-0.2, -0.15) is 0 Å². The number of amides is 1. The summed E-state index contributed by atoms with van der Waals surface area (Å²) in [5, 5.41) is 5.35.